The highest BCUT2D eigenvalue weighted by atomic mass is 79.9. The Labute approximate surface area is 94.1 Å². The number of hydrogen-bond donors (Lipinski definition) is 0. The standard InChI is InChI=1S/C11H8BrNS/c1-13-8-5-3-2-4-7(8)11-9(13)6-10(12)14-11/h2-6H,1H3. The van der Waals surface area contributed by atoms with Crippen LogP contribution in [0.4, 0.5) is 0 Å². The quantitative estimate of drug-likeness (QED) is 0.576. The van der Waals surface area contributed by atoms with Gasteiger partial charge in [0.2, 0.25) is 0 Å². The molecule has 0 bridgehead atoms. The molecular weight excluding hydrogens is 258 g/mol. The fourth-order valence-electron chi connectivity index (χ4n) is 1.88. The van der Waals surface area contributed by atoms with E-state index < -0.39 is 0 Å². The Kier molecular flexibility index (Phi) is 1.73. The molecule has 0 radical (unpaired) electrons. The summed E-state index contributed by atoms with van der Waals surface area (Å²) in [4.78, 5) is 0. The topological polar surface area (TPSA) is 4.93 Å². The lowest BCUT2D eigenvalue weighted by molar-refractivity contribution is 1.02. The van der Waals surface area contributed by atoms with Gasteiger partial charge in [0.05, 0.1) is 14.0 Å². The van der Waals surface area contributed by atoms with Crippen molar-refractivity contribution in [1.29, 1.82) is 0 Å². The number of aromatic nitrogens is 1. The van der Waals surface area contributed by atoms with Crippen molar-refractivity contribution in [2.45, 2.75) is 0 Å². The van der Waals surface area contributed by atoms with E-state index >= 15 is 0 Å². The molecule has 0 spiro atoms. The van der Waals surface area contributed by atoms with Crippen LogP contribution in [0.2, 0.25) is 0 Å². The Hall–Kier alpha value is -0.800. The number of rotatable bonds is 0. The summed E-state index contributed by atoms with van der Waals surface area (Å²) >= 11 is 5.33. The molecule has 14 heavy (non-hydrogen) atoms. The molecule has 0 aliphatic carbocycles. The number of hydrogen-bond acceptors (Lipinski definition) is 1. The first-order valence-corrected chi connectivity index (χ1v) is 6.01. The highest BCUT2D eigenvalue weighted by Crippen LogP contribution is 2.36. The maximum atomic E-state index is 3.53. The van der Waals surface area contributed by atoms with E-state index in [-0.39, 0.29) is 0 Å². The van der Waals surface area contributed by atoms with Crippen molar-refractivity contribution >= 4 is 48.4 Å². The normalized spacial score (nSPS) is 11.6. The number of aryl methyl sites for hydroxylation is 1. The van der Waals surface area contributed by atoms with Crippen molar-refractivity contribution in [3.63, 3.8) is 0 Å². The summed E-state index contributed by atoms with van der Waals surface area (Å²) in [5, 5.41) is 1.35. The smallest absolute Gasteiger partial charge is 0.0726 e. The maximum Gasteiger partial charge on any atom is 0.0726 e. The van der Waals surface area contributed by atoms with E-state index in [0.717, 1.165) is 0 Å². The molecule has 0 aliphatic heterocycles. The number of thiophene rings is 1. The second-order valence-electron chi connectivity index (χ2n) is 3.34. The predicted molar refractivity (Wildman–Crippen MR) is 66.0 cm³/mol. The summed E-state index contributed by atoms with van der Waals surface area (Å²) in [7, 11) is 2.11. The SMILES string of the molecule is Cn1c2ccccc2c2sc(Br)cc21. The first-order valence-electron chi connectivity index (χ1n) is 4.40. The van der Waals surface area contributed by atoms with Crippen LogP contribution in [0.5, 0.6) is 0 Å². The summed E-state index contributed by atoms with van der Waals surface area (Å²) in [5.74, 6) is 0. The summed E-state index contributed by atoms with van der Waals surface area (Å²) in [6, 6.07) is 10.7. The van der Waals surface area contributed by atoms with Crippen LogP contribution >= 0.6 is 27.3 Å². The number of nitrogens with zero attached hydrogens (tertiary/aromatic N) is 1. The Balaban J connectivity index is 2.65. The minimum Gasteiger partial charge on any atom is -0.343 e. The fourth-order valence-corrected chi connectivity index (χ4v) is 3.53. The second kappa shape index (κ2) is 2.84. The van der Waals surface area contributed by atoms with Gasteiger partial charge in [-0.1, -0.05) is 18.2 Å². The molecule has 3 heteroatoms. The molecule has 0 unspecified atom stereocenters. The highest BCUT2D eigenvalue weighted by Gasteiger charge is 2.09. The maximum absolute atomic E-state index is 3.53. The Morgan fingerprint density at radius 2 is 2.00 bits per heavy atom. The fraction of sp³-hybridized carbons (Fsp3) is 0.0909. The first kappa shape index (κ1) is 8.50. The predicted octanol–water partition coefficient (Wildman–Crippen LogP) is 4.16. The summed E-state index contributed by atoms with van der Waals surface area (Å²) in [6.07, 6.45) is 0. The molecule has 0 atom stereocenters. The van der Waals surface area contributed by atoms with Crippen LogP contribution in [-0.4, -0.2) is 4.57 Å². The van der Waals surface area contributed by atoms with E-state index in [9.17, 15) is 0 Å². The number of benzene rings is 1. The van der Waals surface area contributed by atoms with Crippen LogP contribution in [0, 0.1) is 0 Å². The van der Waals surface area contributed by atoms with Gasteiger partial charge in [-0.15, -0.1) is 11.3 Å². The highest BCUT2D eigenvalue weighted by molar-refractivity contribution is 9.11. The molecule has 3 aromatic rings. The van der Waals surface area contributed by atoms with Gasteiger partial charge in [0.1, 0.15) is 0 Å². The summed E-state index contributed by atoms with van der Waals surface area (Å²) in [5.41, 5.74) is 2.62. The second-order valence-corrected chi connectivity index (χ2v) is 5.77. The molecule has 0 amide bonds. The molecule has 1 aromatic carbocycles. The minimum atomic E-state index is 1.20. The number of fused-ring (bicyclic) bond motifs is 3. The van der Waals surface area contributed by atoms with Gasteiger partial charge >= 0.3 is 0 Å². The zero-order chi connectivity index (χ0) is 9.71. The molecule has 0 N–H and O–H groups in total. The van der Waals surface area contributed by atoms with E-state index in [1.54, 1.807) is 11.3 Å². The van der Waals surface area contributed by atoms with Gasteiger partial charge in [-0.05, 0) is 28.1 Å². The molecule has 0 fully saturated rings. The van der Waals surface area contributed by atoms with Crippen LogP contribution in [0.3, 0.4) is 0 Å². The van der Waals surface area contributed by atoms with Gasteiger partial charge in [-0.25, -0.2) is 0 Å². The Morgan fingerprint density at radius 3 is 2.86 bits per heavy atom. The van der Waals surface area contributed by atoms with Crippen LogP contribution in [-0.2, 0) is 7.05 Å². The van der Waals surface area contributed by atoms with E-state index in [1.807, 2.05) is 0 Å². The van der Waals surface area contributed by atoms with Gasteiger partial charge in [0, 0.05) is 18.0 Å². The van der Waals surface area contributed by atoms with Gasteiger partial charge in [-0.3, -0.25) is 0 Å². The molecule has 0 saturated heterocycles. The van der Waals surface area contributed by atoms with Crippen molar-refractivity contribution in [2.24, 2.45) is 7.05 Å². The van der Waals surface area contributed by atoms with Gasteiger partial charge in [0.25, 0.3) is 0 Å². The Morgan fingerprint density at radius 1 is 1.21 bits per heavy atom. The lowest BCUT2D eigenvalue weighted by Crippen LogP contribution is -1.84. The third kappa shape index (κ3) is 0.996. The van der Waals surface area contributed by atoms with Crippen molar-refractivity contribution in [3.8, 4) is 0 Å². The van der Waals surface area contributed by atoms with E-state index in [4.69, 9.17) is 0 Å². The summed E-state index contributed by atoms with van der Waals surface area (Å²) in [6.45, 7) is 0. The van der Waals surface area contributed by atoms with Gasteiger partial charge in [0.15, 0.2) is 0 Å². The van der Waals surface area contributed by atoms with Gasteiger partial charge in [-0.2, -0.15) is 0 Å². The van der Waals surface area contributed by atoms with Crippen LogP contribution < -0.4 is 0 Å². The van der Waals surface area contributed by atoms with Crippen molar-refractivity contribution < 1.29 is 0 Å². The lowest BCUT2D eigenvalue weighted by Gasteiger charge is -1.95. The number of para-hydroxylation sites is 1. The molecule has 0 aliphatic rings. The van der Waals surface area contributed by atoms with Crippen molar-refractivity contribution in [3.05, 3.63) is 34.1 Å². The third-order valence-electron chi connectivity index (χ3n) is 2.55. The minimum absolute atomic E-state index is 1.20. The van der Waals surface area contributed by atoms with Crippen molar-refractivity contribution in [1.82, 2.24) is 4.57 Å². The van der Waals surface area contributed by atoms with Crippen LogP contribution in [0.1, 0.15) is 0 Å². The van der Waals surface area contributed by atoms with Crippen LogP contribution in [0.15, 0.2) is 34.1 Å². The Bertz CT molecular complexity index is 621. The third-order valence-corrected chi connectivity index (χ3v) is 4.21. The molecule has 2 aromatic heterocycles. The summed E-state index contributed by atoms with van der Waals surface area (Å²) < 4.78 is 4.81. The number of halogens is 1. The van der Waals surface area contributed by atoms with E-state index in [1.165, 1.54) is 24.9 Å². The molecule has 0 saturated carbocycles. The van der Waals surface area contributed by atoms with Crippen LogP contribution in [0.25, 0.3) is 21.1 Å². The largest absolute Gasteiger partial charge is 0.343 e. The molecule has 2 heterocycles. The average molecular weight is 266 g/mol. The monoisotopic (exact) mass is 265 g/mol. The van der Waals surface area contributed by atoms with E-state index in [2.05, 4.69) is 57.9 Å². The molecule has 70 valence electrons. The zero-order valence-corrected chi connectivity index (χ0v) is 10.0. The zero-order valence-electron chi connectivity index (χ0n) is 7.62. The lowest BCUT2D eigenvalue weighted by atomic mass is 10.2. The van der Waals surface area contributed by atoms with Gasteiger partial charge < -0.3 is 4.57 Å². The van der Waals surface area contributed by atoms with Crippen molar-refractivity contribution in [2.75, 3.05) is 0 Å². The van der Waals surface area contributed by atoms with E-state index in [0.29, 0.717) is 0 Å². The average Bonchev–Trinajstić information content (AvgIpc) is 2.68. The molecule has 1 nitrogen and oxygen atoms in total. The first-order chi connectivity index (χ1) is 6.77. The molecule has 3 rings (SSSR count). The molecular formula is C11H8BrNS.